The van der Waals surface area contributed by atoms with E-state index >= 15 is 0 Å². The minimum Gasteiger partial charge on any atom is -0.444 e. The van der Waals surface area contributed by atoms with Crippen LogP contribution in [0.3, 0.4) is 0 Å². The van der Waals surface area contributed by atoms with E-state index in [9.17, 15) is 4.79 Å². The Hall–Kier alpha value is -1.63. The number of likely N-dealkylation sites (tertiary alicyclic amines) is 1. The maximum Gasteiger partial charge on any atom is 0.410 e. The number of carbonyl (C=O) groups excluding carboxylic acids is 1. The van der Waals surface area contributed by atoms with Crippen molar-refractivity contribution in [1.82, 2.24) is 19.5 Å². The Balaban J connectivity index is 1.85. The first-order chi connectivity index (χ1) is 11.3. The Morgan fingerprint density at radius 1 is 1.42 bits per heavy atom. The minimum atomic E-state index is -0.474. The van der Waals surface area contributed by atoms with Gasteiger partial charge in [0, 0.05) is 25.2 Å². The summed E-state index contributed by atoms with van der Waals surface area (Å²) in [4.78, 5) is 18.6. The quantitative estimate of drug-likeness (QED) is 0.735. The zero-order valence-corrected chi connectivity index (χ0v) is 16.1. The first kappa shape index (κ1) is 17.2. The molecule has 0 N–H and O–H groups in total. The van der Waals surface area contributed by atoms with Gasteiger partial charge >= 0.3 is 6.09 Å². The number of ether oxygens (including phenoxy) is 1. The van der Waals surface area contributed by atoms with Crippen LogP contribution in [0.1, 0.15) is 50.9 Å². The summed E-state index contributed by atoms with van der Waals surface area (Å²) in [7, 11) is 0. The van der Waals surface area contributed by atoms with E-state index in [4.69, 9.17) is 4.74 Å². The molecule has 0 spiro atoms. The van der Waals surface area contributed by atoms with Crippen LogP contribution in [-0.2, 0) is 4.74 Å². The van der Waals surface area contributed by atoms with Crippen molar-refractivity contribution in [2.24, 2.45) is 0 Å². The van der Waals surface area contributed by atoms with Gasteiger partial charge in [0.2, 0.25) is 0 Å². The molecule has 3 rings (SSSR count). The summed E-state index contributed by atoms with van der Waals surface area (Å²) < 4.78 is 8.33. The summed E-state index contributed by atoms with van der Waals surface area (Å²) >= 11 is 3.55. The summed E-state index contributed by atoms with van der Waals surface area (Å²) in [6.07, 6.45) is 3.54. The van der Waals surface area contributed by atoms with Gasteiger partial charge in [0.15, 0.2) is 5.65 Å². The number of rotatable bonds is 1. The molecule has 1 aliphatic rings. The lowest BCUT2D eigenvalue weighted by Crippen LogP contribution is -2.42. The average molecular weight is 395 g/mol. The molecule has 0 bridgehead atoms. The standard InChI is InChI=1S/C17H23BrN4O2/c1-11-14(18)15-19-8-7-13(22(15)20-11)12-6-5-9-21(10-12)16(23)24-17(2,3)4/h7-8,12H,5-6,9-10H2,1-4H3. The number of hydrogen-bond donors (Lipinski definition) is 0. The molecule has 2 aromatic heterocycles. The second-order valence-electron chi connectivity index (χ2n) is 7.27. The molecule has 1 aliphatic heterocycles. The van der Waals surface area contributed by atoms with Crippen molar-refractivity contribution < 1.29 is 9.53 Å². The van der Waals surface area contributed by atoms with Crippen LogP contribution in [-0.4, -0.2) is 44.3 Å². The van der Waals surface area contributed by atoms with E-state index in [0.29, 0.717) is 6.54 Å². The normalized spacial score (nSPS) is 18.9. The van der Waals surface area contributed by atoms with Crippen molar-refractivity contribution in [3.05, 3.63) is 28.1 Å². The molecule has 1 fully saturated rings. The fraction of sp³-hybridized carbons (Fsp3) is 0.588. The molecule has 6 nitrogen and oxygen atoms in total. The first-order valence-electron chi connectivity index (χ1n) is 8.24. The number of piperidine rings is 1. The van der Waals surface area contributed by atoms with Gasteiger partial charge in [-0.2, -0.15) is 5.10 Å². The van der Waals surface area contributed by atoms with Crippen LogP contribution < -0.4 is 0 Å². The van der Waals surface area contributed by atoms with Crippen LogP contribution in [0.5, 0.6) is 0 Å². The van der Waals surface area contributed by atoms with Gasteiger partial charge in [-0.05, 0) is 62.5 Å². The van der Waals surface area contributed by atoms with E-state index < -0.39 is 5.60 Å². The summed E-state index contributed by atoms with van der Waals surface area (Å²) in [5.74, 6) is 0.225. The lowest BCUT2D eigenvalue weighted by molar-refractivity contribution is 0.0196. The molecule has 1 atom stereocenters. The lowest BCUT2D eigenvalue weighted by atomic mass is 9.95. The van der Waals surface area contributed by atoms with Gasteiger partial charge in [0.1, 0.15) is 5.60 Å². The highest BCUT2D eigenvalue weighted by molar-refractivity contribution is 9.10. The Bertz CT molecular complexity index is 766. The van der Waals surface area contributed by atoms with Crippen LogP contribution in [0.4, 0.5) is 4.79 Å². The first-order valence-corrected chi connectivity index (χ1v) is 9.03. The van der Waals surface area contributed by atoms with Crippen LogP contribution in [0.2, 0.25) is 0 Å². The third kappa shape index (κ3) is 3.41. The number of amides is 1. The maximum atomic E-state index is 12.4. The number of halogens is 1. The summed E-state index contributed by atoms with van der Waals surface area (Å²) in [5.41, 5.74) is 2.34. The van der Waals surface area contributed by atoms with Crippen LogP contribution >= 0.6 is 15.9 Å². The van der Waals surface area contributed by atoms with Gasteiger partial charge in [0.05, 0.1) is 15.9 Å². The predicted octanol–water partition coefficient (Wildman–Crippen LogP) is 3.91. The van der Waals surface area contributed by atoms with Crippen LogP contribution in [0.25, 0.3) is 5.65 Å². The smallest absolute Gasteiger partial charge is 0.410 e. The van der Waals surface area contributed by atoms with E-state index in [1.807, 2.05) is 44.5 Å². The largest absolute Gasteiger partial charge is 0.444 e. The fourth-order valence-corrected chi connectivity index (χ4v) is 3.41. The minimum absolute atomic E-state index is 0.225. The molecule has 0 aliphatic carbocycles. The van der Waals surface area contributed by atoms with Gasteiger partial charge < -0.3 is 9.64 Å². The highest BCUT2D eigenvalue weighted by Gasteiger charge is 2.30. The molecule has 0 saturated carbocycles. The lowest BCUT2D eigenvalue weighted by Gasteiger charge is -2.34. The molecule has 130 valence electrons. The number of aromatic nitrogens is 3. The Morgan fingerprint density at radius 3 is 2.88 bits per heavy atom. The molecule has 1 saturated heterocycles. The van der Waals surface area contributed by atoms with Gasteiger partial charge in [-0.1, -0.05) is 0 Å². The molecule has 0 aromatic carbocycles. The molecule has 2 aromatic rings. The molecule has 1 amide bonds. The number of fused-ring (bicyclic) bond motifs is 1. The number of nitrogens with zero attached hydrogens (tertiary/aromatic N) is 4. The van der Waals surface area contributed by atoms with Gasteiger partial charge in [-0.15, -0.1) is 0 Å². The zero-order valence-electron chi connectivity index (χ0n) is 14.5. The maximum absolute atomic E-state index is 12.4. The van der Waals surface area contributed by atoms with E-state index in [-0.39, 0.29) is 12.0 Å². The second-order valence-corrected chi connectivity index (χ2v) is 8.06. The van der Waals surface area contributed by atoms with Crippen LogP contribution in [0, 0.1) is 6.92 Å². The van der Waals surface area contributed by atoms with Gasteiger partial charge in [-0.25, -0.2) is 14.3 Å². The number of carbonyl (C=O) groups is 1. The molecular formula is C17H23BrN4O2. The second kappa shape index (κ2) is 6.35. The van der Waals surface area contributed by atoms with Gasteiger partial charge in [-0.3, -0.25) is 0 Å². The highest BCUT2D eigenvalue weighted by Crippen LogP contribution is 2.30. The molecule has 7 heteroatoms. The van der Waals surface area contributed by atoms with Crippen molar-refractivity contribution in [1.29, 1.82) is 0 Å². The molecule has 3 heterocycles. The third-order valence-corrected chi connectivity index (χ3v) is 5.07. The van der Waals surface area contributed by atoms with Crippen molar-refractivity contribution in [3.8, 4) is 0 Å². The predicted molar refractivity (Wildman–Crippen MR) is 95.2 cm³/mol. The van der Waals surface area contributed by atoms with Crippen LogP contribution in [0.15, 0.2) is 16.7 Å². The van der Waals surface area contributed by atoms with Crippen molar-refractivity contribution in [2.75, 3.05) is 13.1 Å². The van der Waals surface area contributed by atoms with E-state index in [0.717, 1.165) is 40.9 Å². The monoisotopic (exact) mass is 394 g/mol. The van der Waals surface area contributed by atoms with Crippen molar-refractivity contribution >= 4 is 27.7 Å². The molecule has 1 unspecified atom stereocenters. The average Bonchev–Trinajstić information content (AvgIpc) is 2.81. The zero-order chi connectivity index (χ0) is 17.5. The molecular weight excluding hydrogens is 372 g/mol. The summed E-state index contributed by atoms with van der Waals surface area (Å²) in [6.45, 7) is 9.01. The fourth-order valence-electron chi connectivity index (χ4n) is 3.06. The number of hydrogen-bond acceptors (Lipinski definition) is 4. The Morgan fingerprint density at radius 2 is 2.17 bits per heavy atom. The van der Waals surface area contributed by atoms with E-state index in [2.05, 4.69) is 26.0 Å². The van der Waals surface area contributed by atoms with Crippen molar-refractivity contribution in [2.45, 2.75) is 52.1 Å². The van der Waals surface area contributed by atoms with E-state index in [1.165, 1.54) is 0 Å². The third-order valence-electron chi connectivity index (χ3n) is 4.14. The SMILES string of the molecule is Cc1nn2c(C3CCCN(C(=O)OC(C)(C)C)C3)ccnc2c1Br. The highest BCUT2D eigenvalue weighted by atomic mass is 79.9. The summed E-state index contributed by atoms with van der Waals surface area (Å²) in [5, 5.41) is 4.59. The van der Waals surface area contributed by atoms with Crippen molar-refractivity contribution in [3.63, 3.8) is 0 Å². The van der Waals surface area contributed by atoms with E-state index in [1.54, 1.807) is 4.90 Å². The Labute approximate surface area is 150 Å². The Kier molecular flexibility index (Phi) is 4.55. The molecule has 0 radical (unpaired) electrons. The number of aryl methyl sites for hydroxylation is 1. The topological polar surface area (TPSA) is 59.7 Å². The molecule has 24 heavy (non-hydrogen) atoms. The summed E-state index contributed by atoms with van der Waals surface area (Å²) in [6, 6.07) is 2.00. The van der Waals surface area contributed by atoms with Gasteiger partial charge in [0.25, 0.3) is 0 Å².